The topological polar surface area (TPSA) is 83.8 Å². The molecular weight excluding hydrogens is 178 g/mol. The molecule has 0 radical (unpaired) electrons. The first kappa shape index (κ1) is 16.5. The fraction of sp³-hybridized carbons (Fsp3) is 0.750. The number of halogens is 1. The lowest BCUT2D eigenvalue weighted by Crippen LogP contribution is -2.32. The van der Waals surface area contributed by atoms with Crippen molar-refractivity contribution in [1.82, 2.24) is 0 Å². The van der Waals surface area contributed by atoms with Crippen LogP contribution in [-0.4, -0.2) is 30.3 Å². The number of thiol groups is 1. The van der Waals surface area contributed by atoms with E-state index in [1.165, 1.54) is 7.11 Å². The molecule has 10 heavy (non-hydrogen) atoms. The highest BCUT2D eigenvalue weighted by Crippen LogP contribution is 1.84. The molecule has 0 heterocycles. The van der Waals surface area contributed by atoms with Gasteiger partial charge in [0.05, 0.1) is 7.11 Å². The van der Waals surface area contributed by atoms with Crippen LogP contribution in [0.5, 0.6) is 0 Å². The summed E-state index contributed by atoms with van der Waals surface area (Å²) in [6.45, 7) is 0. The third-order valence-electron chi connectivity index (χ3n) is 0.701. The largest absolute Gasteiger partial charge is 0.468 e. The average Bonchev–Trinajstić information content (AvgIpc) is 1.84. The van der Waals surface area contributed by atoms with E-state index in [1.807, 2.05) is 0 Å². The van der Waals surface area contributed by atoms with E-state index in [-0.39, 0.29) is 17.9 Å². The molecule has 0 amide bonds. The van der Waals surface area contributed by atoms with Crippen molar-refractivity contribution in [3.05, 3.63) is 0 Å². The fourth-order valence-electron chi connectivity index (χ4n) is 0.226. The summed E-state index contributed by atoms with van der Waals surface area (Å²) in [4.78, 5) is 10.3. The van der Waals surface area contributed by atoms with Gasteiger partial charge in [-0.25, -0.2) is 0 Å². The normalized spacial score (nSPS) is 10.3. The van der Waals surface area contributed by atoms with Gasteiger partial charge in [0, 0.05) is 5.75 Å². The number of nitrogens with two attached hydrogens (primary N) is 1. The van der Waals surface area contributed by atoms with Crippen LogP contribution in [0.4, 0.5) is 0 Å². The monoisotopic (exact) mass is 189 g/mol. The molecule has 0 rings (SSSR count). The Bertz CT molecular complexity index is 92.6. The zero-order valence-corrected chi connectivity index (χ0v) is 7.24. The summed E-state index contributed by atoms with van der Waals surface area (Å²) in [5.74, 6) is -0.0906. The molecule has 0 fully saturated rings. The third-order valence-corrected chi connectivity index (χ3v) is 1.09. The van der Waals surface area contributed by atoms with Crippen molar-refractivity contribution >= 4 is 31.0 Å². The summed E-state index contributed by atoms with van der Waals surface area (Å²) in [6, 6.07) is -0.580. The molecule has 4 N–H and O–H groups in total. The Morgan fingerprint density at radius 1 is 1.80 bits per heavy atom. The smallest absolute Gasteiger partial charge is 0.323 e. The number of ether oxygens (including phenoxy) is 1. The maximum Gasteiger partial charge on any atom is 0.323 e. The van der Waals surface area contributed by atoms with Gasteiger partial charge in [-0.1, -0.05) is 0 Å². The van der Waals surface area contributed by atoms with E-state index in [2.05, 4.69) is 17.4 Å². The molecule has 0 bridgehead atoms. The van der Waals surface area contributed by atoms with Crippen LogP contribution < -0.4 is 5.73 Å². The standard InChI is InChI=1S/C4H9NO2S.ClH.H2O/c1-7-4(6)3(5)2-8;;/h3,8H,2,5H2,1H3;1H;1H2/t3-;;/m0../s1. The molecule has 0 saturated carbocycles. The SMILES string of the molecule is COC(=O)[C@@H](N)CS.Cl.O. The van der Waals surface area contributed by atoms with Crippen molar-refractivity contribution in [2.45, 2.75) is 6.04 Å². The van der Waals surface area contributed by atoms with Crippen LogP contribution in [0.3, 0.4) is 0 Å². The van der Waals surface area contributed by atoms with Gasteiger partial charge >= 0.3 is 5.97 Å². The molecule has 0 unspecified atom stereocenters. The zero-order valence-electron chi connectivity index (χ0n) is 5.53. The van der Waals surface area contributed by atoms with Gasteiger partial charge in [-0.15, -0.1) is 12.4 Å². The van der Waals surface area contributed by atoms with Crippen molar-refractivity contribution in [2.75, 3.05) is 12.9 Å². The van der Waals surface area contributed by atoms with E-state index in [0.29, 0.717) is 5.75 Å². The first-order chi connectivity index (χ1) is 3.72. The highest BCUT2D eigenvalue weighted by atomic mass is 35.5. The molecule has 0 aliphatic heterocycles. The minimum absolute atomic E-state index is 0. The predicted octanol–water partition coefficient (Wildman–Crippen LogP) is -0.986. The Kier molecular flexibility index (Phi) is 14.9. The second-order valence-corrected chi connectivity index (χ2v) is 1.68. The van der Waals surface area contributed by atoms with Crippen molar-refractivity contribution in [2.24, 2.45) is 5.73 Å². The predicted molar refractivity (Wildman–Crippen MR) is 44.7 cm³/mol. The molecule has 0 spiro atoms. The fourth-order valence-corrected chi connectivity index (χ4v) is 0.375. The van der Waals surface area contributed by atoms with Gasteiger partial charge < -0.3 is 15.9 Å². The first-order valence-corrected chi connectivity index (χ1v) is 2.80. The molecule has 0 aliphatic rings. The van der Waals surface area contributed by atoms with Gasteiger partial charge in [-0.2, -0.15) is 12.6 Å². The molecule has 4 nitrogen and oxygen atoms in total. The number of rotatable bonds is 2. The van der Waals surface area contributed by atoms with Crippen molar-refractivity contribution in [3.63, 3.8) is 0 Å². The van der Waals surface area contributed by atoms with E-state index in [4.69, 9.17) is 5.73 Å². The van der Waals surface area contributed by atoms with Gasteiger partial charge in [0.1, 0.15) is 6.04 Å². The van der Waals surface area contributed by atoms with Gasteiger partial charge in [0.25, 0.3) is 0 Å². The van der Waals surface area contributed by atoms with Crippen LogP contribution in [-0.2, 0) is 9.53 Å². The highest BCUT2D eigenvalue weighted by Gasteiger charge is 2.09. The van der Waals surface area contributed by atoms with E-state index >= 15 is 0 Å². The molecule has 0 aromatic rings. The molecule has 0 aromatic carbocycles. The maximum absolute atomic E-state index is 10.3. The van der Waals surface area contributed by atoms with Crippen molar-refractivity contribution in [1.29, 1.82) is 0 Å². The van der Waals surface area contributed by atoms with Crippen LogP contribution in [0.1, 0.15) is 0 Å². The van der Waals surface area contributed by atoms with Gasteiger partial charge in [-0.05, 0) is 0 Å². The second kappa shape index (κ2) is 9.03. The second-order valence-electron chi connectivity index (χ2n) is 1.31. The molecule has 0 aromatic heterocycles. The molecule has 0 aliphatic carbocycles. The van der Waals surface area contributed by atoms with Crippen molar-refractivity contribution < 1.29 is 15.0 Å². The summed E-state index contributed by atoms with van der Waals surface area (Å²) < 4.78 is 4.29. The maximum atomic E-state index is 10.3. The summed E-state index contributed by atoms with van der Waals surface area (Å²) in [5.41, 5.74) is 5.18. The summed E-state index contributed by atoms with van der Waals surface area (Å²) in [6.07, 6.45) is 0. The van der Waals surface area contributed by atoms with Gasteiger partial charge in [0.15, 0.2) is 0 Å². The van der Waals surface area contributed by atoms with Crippen molar-refractivity contribution in [3.8, 4) is 0 Å². The third kappa shape index (κ3) is 6.15. The molecule has 64 valence electrons. The van der Waals surface area contributed by atoms with E-state index in [0.717, 1.165) is 0 Å². The lowest BCUT2D eigenvalue weighted by atomic mass is 10.4. The van der Waals surface area contributed by atoms with E-state index in [1.54, 1.807) is 0 Å². The Morgan fingerprint density at radius 2 is 2.20 bits per heavy atom. The number of carbonyl (C=O) groups excluding carboxylic acids is 1. The molecular formula is C4H12ClNO3S. The van der Waals surface area contributed by atoms with Crippen LogP contribution >= 0.6 is 25.0 Å². The highest BCUT2D eigenvalue weighted by molar-refractivity contribution is 7.80. The number of hydrogen-bond donors (Lipinski definition) is 2. The Labute approximate surface area is 71.2 Å². The first-order valence-electron chi connectivity index (χ1n) is 2.16. The minimum atomic E-state index is -0.580. The molecule has 0 saturated heterocycles. The summed E-state index contributed by atoms with van der Waals surface area (Å²) >= 11 is 3.78. The zero-order chi connectivity index (χ0) is 6.57. The molecule has 6 heteroatoms. The number of esters is 1. The number of carbonyl (C=O) groups is 1. The lowest BCUT2D eigenvalue weighted by Gasteiger charge is -2.02. The Morgan fingerprint density at radius 3 is 2.30 bits per heavy atom. The van der Waals surface area contributed by atoms with Crippen LogP contribution in [0.15, 0.2) is 0 Å². The number of hydrogen-bond acceptors (Lipinski definition) is 4. The van der Waals surface area contributed by atoms with E-state index < -0.39 is 12.0 Å². The molecule has 1 atom stereocenters. The summed E-state index contributed by atoms with van der Waals surface area (Å²) in [7, 11) is 1.30. The van der Waals surface area contributed by atoms with Gasteiger partial charge in [-0.3, -0.25) is 4.79 Å². The Balaban J connectivity index is -0.000000245. The van der Waals surface area contributed by atoms with Crippen LogP contribution in [0.2, 0.25) is 0 Å². The van der Waals surface area contributed by atoms with E-state index in [9.17, 15) is 4.79 Å². The van der Waals surface area contributed by atoms with Gasteiger partial charge in [0.2, 0.25) is 0 Å². The van der Waals surface area contributed by atoms with Crippen LogP contribution in [0.25, 0.3) is 0 Å². The van der Waals surface area contributed by atoms with Crippen LogP contribution in [0, 0.1) is 0 Å². The summed E-state index contributed by atoms with van der Waals surface area (Å²) in [5, 5.41) is 0. The average molecular weight is 190 g/mol. The number of methoxy groups -OCH3 is 1. The lowest BCUT2D eigenvalue weighted by molar-refractivity contribution is -0.141. The minimum Gasteiger partial charge on any atom is -0.468 e. The quantitative estimate of drug-likeness (QED) is 0.432. The Hall–Kier alpha value is 0.0300.